The summed E-state index contributed by atoms with van der Waals surface area (Å²) in [5, 5.41) is 47.0. The normalized spacial score (nSPS) is 17.6. The molecule has 0 aliphatic carbocycles. The number of amides is 3. The zero-order valence-electron chi connectivity index (χ0n) is 37.0. The number of rotatable bonds is 16. The number of ether oxygens (including phenoxy) is 3. The molecular formula is C47H55N5O12S. The van der Waals surface area contributed by atoms with Gasteiger partial charge in [0.15, 0.2) is 11.5 Å². The number of urea groups is 1. The van der Waals surface area contributed by atoms with Gasteiger partial charge in [-0.2, -0.15) is 0 Å². The Morgan fingerprint density at radius 2 is 1.54 bits per heavy atom. The number of nitrogens with zero attached hydrogens (tertiary/aromatic N) is 2. The lowest BCUT2D eigenvalue weighted by atomic mass is 9.86. The van der Waals surface area contributed by atoms with Crippen molar-refractivity contribution in [2.75, 3.05) is 49.0 Å². The first-order valence-corrected chi connectivity index (χ1v) is 22.8. The van der Waals surface area contributed by atoms with Gasteiger partial charge in [0.25, 0.3) is 0 Å². The number of fused-ring (bicyclic) bond motifs is 1. The van der Waals surface area contributed by atoms with Crippen LogP contribution in [0.3, 0.4) is 0 Å². The summed E-state index contributed by atoms with van der Waals surface area (Å²) in [6.07, 6.45) is -1.20. The molecule has 4 atom stereocenters. The second kappa shape index (κ2) is 20.2. The maximum atomic E-state index is 13.5. The molecule has 18 heteroatoms. The molecule has 0 bridgehead atoms. The first kappa shape index (κ1) is 48.2. The smallest absolute Gasteiger partial charge is 0.323 e. The van der Waals surface area contributed by atoms with Crippen molar-refractivity contribution in [3.05, 3.63) is 107 Å². The minimum atomic E-state index is -3.67. The molecule has 17 nitrogen and oxygen atoms in total. The standard InChI is InChI=1S/C47H55N5O12S/c1-47(2,3)28-22-35(45(63-5)36(23-28)51-65(6,60)61)50-46(59)49-34-16-17-40(32-11-8-7-10-31(32)34)64-30-18-19-48-29(24-30)20-27-14-15-33(41(21-27)62-4)38(54)12-9-13-42(56)52-25-39(55)44(58)43(57)37(52)26-53/h7-8,10-11,14-19,21-24,37,39,43-44,51,53,55,57-58H,9,12-13,20,25-26H2,1-6H3,(H2,49,50,59)/t37-,39+,43-,44-/m1/s1. The van der Waals surface area contributed by atoms with Crippen molar-refractivity contribution in [3.63, 3.8) is 0 Å². The average molecular weight is 914 g/mol. The number of methoxy groups -OCH3 is 2. The minimum Gasteiger partial charge on any atom is -0.496 e. The van der Waals surface area contributed by atoms with E-state index in [4.69, 9.17) is 14.2 Å². The van der Waals surface area contributed by atoms with Crippen molar-refractivity contribution in [2.24, 2.45) is 0 Å². The highest BCUT2D eigenvalue weighted by molar-refractivity contribution is 7.92. The zero-order valence-corrected chi connectivity index (χ0v) is 37.8. The molecule has 0 unspecified atom stereocenters. The van der Waals surface area contributed by atoms with Gasteiger partial charge in [0.05, 0.1) is 55.7 Å². The van der Waals surface area contributed by atoms with Crippen LogP contribution in [-0.2, 0) is 26.7 Å². The quantitative estimate of drug-likeness (QED) is 0.0598. The van der Waals surface area contributed by atoms with E-state index in [0.29, 0.717) is 51.4 Å². The fraction of sp³-hybridized carbons (Fsp3) is 0.362. The zero-order chi connectivity index (χ0) is 47.2. The summed E-state index contributed by atoms with van der Waals surface area (Å²) >= 11 is 0. The highest BCUT2D eigenvalue weighted by atomic mass is 32.2. The average Bonchev–Trinajstić information content (AvgIpc) is 3.25. The Bertz CT molecular complexity index is 2670. The van der Waals surface area contributed by atoms with Crippen LogP contribution < -0.4 is 29.6 Å². The Balaban J connectivity index is 1.12. The van der Waals surface area contributed by atoms with Gasteiger partial charge in [-0.3, -0.25) is 19.3 Å². The molecule has 3 amide bonds. The van der Waals surface area contributed by atoms with Gasteiger partial charge < -0.3 is 50.2 Å². The Kier molecular flexibility index (Phi) is 15.0. The molecule has 0 radical (unpaired) electrons. The van der Waals surface area contributed by atoms with Crippen molar-refractivity contribution in [1.82, 2.24) is 9.88 Å². The van der Waals surface area contributed by atoms with Crippen molar-refractivity contribution < 1.29 is 57.4 Å². The Morgan fingerprint density at radius 3 is 2.22 bits per heavy atom. The highest BCUT2D eigenvalue weighted by Crippen LogP contribution is 2.40. The van der Waals surface area contributed by atoms with Gasteiger partial charge >= 0.3 is 6.03 Å². The molecule has 0 spiro atoms. The molecule has 2 heterocycles. The van der Waals surface area contributed by atoms with Gasteiger partial charge in [-0.15, -0.1) is 0 Å². The number of β-amino-alcohol motifs (C(OH)–C–C–N with tert-alkyl or cyclic N) is 1. The third-order valence-electron chi connectivity index (χ3n) is 11.0. The number of hydrogen-bond donors (Lipinski definition) is 7. The maximum absolute atomic E-state index is 13.5. The third kappa shape index (κ3) is 11.7. The molecule has 7 N–H and O–H groups in total. The van der Waals surface area contributed by atoms with E-state index in [9.17, 15) is 43.2 Å². The number of aromatic nitrogens is 1. The minimum absolute atomic E-state index is 0.0156. The molecule has 1 aliphatic heterocycles. The number of piperidine rings is 1. The first-order chi connectivity index (χ1) is 30.8. The summed E-state index contributed by atoms with van der Waals surface area (Å²) in [4.78, 5) is 45.4. The number of anilines is 3. The van der Waals surface area contributed by atoms with Crippen LogP contribution in [-0.4, -0.2) is 114 Å². The van der Waals surface area contributed by atoms with E-state index in [1.807, 2.05) is 45.0 Å². The number of pyridine rings is 1. The number of nitrogens with one attached hydrogen (secondary N) is 3. The number of carbonyl (C=O) groups excluding carboxylic acids is 3. The molecule has 1 saturated heterocycles. The Hall–Kier alpha value is -6.31. The Labute approximate surface area is 377 Å². The number of ketones is 1. The largest absolute Gasteiger partial charge is 0.496 e. The van der Waals surface area contributed by atoms with E-state index in [-0.39, 0.29) is 48.7 Å². The number of Topliss-reactive ketones (excluding diaryl/α,β-unsaturated/α-hetero) is 1. The summed E-state index contributed by atoms with van der Waals surface area (Å²) in [7, 11) is -0.819. The predicted octanol–water partition coefficient (Wildman–Crippen LogP) is 5.59. The lowest BCUT2D eigenvalue weighted by molar-refractivity contribution is -0.166. The summed E-state index contributed by atoms with van der Waals surface area (Å²) in [5.41, 5.74) is 3.13. The molecule has 5 aromatic rings. The molecule has 1 aliphatic rings. The van der Waals surface area contributed by atoms with Gasteiger partial charge in [0.1, 0.15) is 35.6 Å². The van der Waals surface area contributed by atoms with Crippen molar-refractivity contribution >= 4 is 55.6 Å². The van der Waals surface area contributed by atoms with Crippen LogP contribution in [0.2, 0.25) is 0 Å². The van der Waals surface area contributed by atoms with Crippen LogP contribution in [0.1, 0.15) is 67.2 Å². The second-order valence-corrected chi connectivity index (χ2v) is 18.6. The topological polar surface area (TPSA) is 246 Å². The monoisotopic (exact) mass is 913 g/mol. The molecule has 4 aromatic carbocycles. The molecule has 6 rings (SSSR count). The van der Waals surface area contributed by atoms with Gasteiger partial charge in [-0.05, 0) is 65.4 Å². The number of aliphatic hydroxyl groups excluding tert-OH is 4. The predicted molar refractivity (Wildman–Crippen MR) is 246 cm³/mol. The number of hydrogen-bond acceptors (Lipinski definition) is 13. The number of likely N-dealkylation sites (tertiary alicyclic amines) is 1. The molecule has 65 heavy (non-hydrogen) atoms. The Morgan fingerprint density at radius 1 is 0.831 bits per heavy atom. The van der Waals surface area contributed by atoms with Gasteiger partial charge in [-0.25, -0.2) is 13.2 Å². The maximum Gasteiger partial charge on any atom is 0.323 e. The number of benzene rings is 4. The molecule has 0 saturated carbocycles. The van der Waals surface area contributed by atoms with Crippen LogP contribution in [0, 0.1) is 0 Å². The summed E-state index contributed by atoms with van der Waals surface area (Å²) < 4.78 is 44.4. The van der Waals surface area contributed by atoms with E-state index in [0.717, 1.165) is 22.3 Å². The van der Waals surface area contributed by atoms with Crippen molar-refractivity contribution in [3.8, 4) is 23.0 Å². The second-order valence-electron chi connectivity index (χ2n) is 16.9. The summed E-state index contributed by atoms with van der Waals surface area (Å²) in [6, 6.07) is 21.4. The lowest BCUT2D eigenvalue weighted by Crippen LogP contribution is -2.63. The van der Waals surface area contributed by atoms with Crippen LogP contribution in [0.15, 0.2) is 85.1 Å². The number of aliphatic hydroxyl groups is 4. The molecular weight excluding hydrogens is 859 g/mol. The summed E-state index contributed by atoms with van der Waals surface area (Å²) in [6.45, 7) is 5.06. The van der Waals surface area contributed by atoms with Crippen LogP contribution in [0.4, 0.5) is 21.9 Å². The van der Waals surface area contributed by atoms with Crippen molar-refractivity contribution in [2.45, 2.75) is 76.2 Å². The van der Waals surface area contributed by atoms with E-state index < -0.39 is 58.3 Å². The van der Waals surface area contributed by atoms with Gasteiger partial charge in [0.2, 0.25) is 15.9 Å². The van der Waals surface area contributed by atoms with Crippen molar-refractivity contribution in [1.29, 1.82) is 0 Å². The number of sulfonamides is 1. The molecule has 346 valence electrons. The van der Waals surface area contributed by atoms with Crippen LogP contribution in [0.25, 0.3) is 10.8 Å². The highest BCUT2D eigenvalue weighted by Gasteiger charge is 2.42. The molecule has 1 aromatic heterocycles. The lowest BCUT2D eigenvalue weighted by Gasteiger charge is -2.43. The third-order valence-corrected chi connectivity index (χ3v) is 11.6. The van der Waals surface area contributed by atoms with Gasteiger partial charge in [-0.1, -0.05) is 51.1 Å². The van der Waals surface area contributed by atoms with E-state index in [2.05, 4.69) is 20.3 Å². The fourth-order valence-corrected chi connectivity index (χ4v) is 8.23. The first-order valence-electron chi connectivity index (χ1n) is 20.9. The van der Waals surface area contributed by atoms with Gasteiger partial charge in [0, 0.05) is 54.5 Å². The number of carbonyl (C=O) groups is 3. The van der Waals surface area contributed by atoms with Crippen LogP contribution in [0.5, 0.6) is 23.0 Å². The fourth-order valence-electron chi connectivity index (χ4n) is 7.68. The molecule has 1 fully saturated rings. The van der Waals surface area contributed by atoms with E-state index >= 15 is 0 Å². The van der Waals surface area contributed by atoms with Crippen LogP contribution >= 0.6 is 0 Å². The SMILES string of the molecule is COc1cc(Cc2cc(Oc3ccc(NC(=O)Nc4cc(C(C)(C)C)cc(NS(C)(=O)=O)c4OC)c4ccccc34)ccn2)ccc1C(=O)CCCC(=O)N1C[C@H](O)[C@@H](O)[C@H](O)[C@H]1CO. The summed E-state index contributed by atoms with van der Waals surface area (Å²) in [5.74, 6) is 0.809. The van der Waals surface area contributed by atoms with E-state index in [1.165, 1.54) is 14.2 Å². The van der Waals surface area contributed by atoms with E-state index in [1.54, 1.807) is 60.8 Å².